The predicted molar refractivity (Wildman–Crippen MR) is 94.3 cm³/mol. The van der Waals surface area contributed by atoms with Gasteiger partial charge in [0.2, 0.25) is 0 Å². The Morgan fingerprint density at radius 2 is 1.78 bits per heavy atom. The van der Waals surface area contributed by atoms with Crippen LogP contribution in [-0.2, 0) is 6.54 Å². The Morgan fingerprint density at radius 1 is 1.09 bits per heavy atom. The molecule has 1 heterocycles. The monoisotopic (exact) mass is 316 g/mol. The molecule has 0 saturated carbocycles. The average Bonchev–Trinajstić information content (AvgIpc) is 3.04. The number of hydrogen-bond acceptors (Lipinski definition) is 4. The molecular formula is C19H28N2O2. The first-order valence-corrected chi connectivity index (χ1v) is 8.44. The van der Waals surface area contributed by atoms with Crippen LogP contribution < -0.4 is 5.32 Å². The molecule has 0 bridgehead atoms. The fourth-order valence-corrected chi connectivity index (χ4v) is 2.54. The smallest absolute Gasteiger partial charge is 0.134 e. The quantitative estimate of drug-likeness (QED) is 0.696. The van der Waals surface area contributed by atoms with Crippen molar-refractivity contribution in [2.24, 2.45) is 0 Å². The van der Waals surface area contributed by atoms with E-state index in [0.29, 0.717) is 0 Å². The van der Waals surface area contributed by atoms with Crippen molar-refractivity contribution >= 4 is 0 Å². The molecule has 2 N–H and O–H groups in total. The fraction of sp³-hybridized carbons (Fsp3) is 0.474. The lowest BCUT2D eigenvalue weighted by molar-refractivity contribution is 0.199. The number of aliphatic hydroxyl groups is 1. The van der Waals surface area contributed by atoms with Crippen LogP contribution >= 0.6 is 0 Å². The maximum Gasteiger partial charge on any atom is 0.134 e. The van der Waals surface area contributed by atoms with E-state index in [9.17, 15) is 5.11 Å². The van der Waals surface area contributed by atoms with Gasteiger partial charge in [-0.25, -0.2) is 0 Å². The molecule has 0 amide bonds. The summed E-state index contributed by atoms with van der Waals surface area (Å²) in [4.78, 5) is 2.39. The molecule has 0 saturated heterocycles. The van der Waals surface area contributed by atoms with Crippen molar-refractivity contribution in [1.82, 2.24) is 10.2 Å². The second-order valence-electron chi connectivity index (χ2n) is 5.77. The largest absolute Gasteiger partial charge is 0.460 e. The van der Waals surface area contributed by atoms with Gasteiger partial charge in [-0.05, 0) is 37.7 Å². The Labute approximate surface area is 139 Å². The molecule has 2 aromatic rings. The molecule has 2 rings (SSSR count). The van der Waals surface area contributed by atoms with Crippen molar-refractivity contribution in [3.63, 3.8) is 0 Å². The van der Waals surface area contributed by atoms with E-state index in [2.05, 4.69) is 24.1 Å². The third kappa shape index (κ3) is 5.20. The number of nitrogens with one attached hydrogen (secondary N) is 1. The molecule has 0 radical (unpaired) electrons. The van der Waals surface area contributed by atoms with Crippen LogP contribution in [-0.4, -0.2) is 36.2 Å². The van der Waals surface area contributed by atoms with Gasteiger partial charge < -0.3 is 19.7 Å². The van der Waals surface area contributed by atoms with E-state index in [1.807, 2.05) is 36.4 Å². The third-order valence-corrected chi connectivity index (χ3v) is 4.14. The zero-order valence-electron chi connectivity index (χ0n) is 14.4. The van der Waals surface area contributed by atoms with Gasteiger partial charge in [-0.1, -0.05) is 38.1 Å². The lowest BCUT2D eigenvalue weighted by atomic mass is 10.1. The Morgan fingerprint density at radius 3 is 2.39 bits per heavy atom. The summed E-state index contributed by atoms with van der Waals surface area (Å²) in [5, 5.41) is 13.0. The van der Waals surface area contributed by atoms with Crippen LogP contribution in [0.3, 0.4) is 0 Å². The summed E-state index contributed by atoms with van der Waals surface area (Å²) in [5.41, 5.74) is 1.95. The van der Waals surface area contributed by atoms with Crippen molar-refractivity contribution in [2.45, 2.75) is 33.4 Å². The molecule has 1 atom stereocenters. The van der Waals surface area contributed by atoms with Crippen molar-refractivity contribution in [1.29, 1.82) is 0 Å². The summed E-state index contributed by atoms with van der Waals surface area (Å²) >= 11 is 0. The third-order valence-electron chi connectivity index (χ3n) is 4.14. The van der Waals surface area contributed by atoms with Crippen LogP contribution in [0.4, 0.5) is 0 Å². The Hall–Kier alpha value is -1.62. The maximum atomic E-state index is 9.55. The number of rotatable bonds is 9. The topological polar surface area (TPSA) is 48.6 Å². The zero-order valence-corrected chi connectivity index (χ0v) is 14.4. The van der Waals surface area contributed by atoms with Gasteiger partial charge in [0.25, 0.3) is 0 Å². The summed E-state index contributed by atoms with van der Waals surface area (Å²) in [6, 6.07) is 11.9. The van der Waals surface area contributed by atoms with Crippen molar-refractivity contribution < 1.29 is 9.52 Å². The molecule has 0 aliphatic rings. The van der Waals surface area contributed by atoms with Gasteiger partial charge in [-0.15, -0.1) is 0 Å². The highest BCUT2D eigenvalue weighted by Gasteiger charge is 2.06. The van der Waals surface area contributed by atoms with Gasteiger partial charge >= 0.3 is 0 Å². The first-order chi connectivity index (χ1) is 11.1. The summed E-state index contributed by atoms with van der Waals surface area (Å²) in [6.45, 7) is 11.1. The van der Waals surface area contributed by atoms with Gasteiger partial charge in [0.1, 0.15) is 11.5 Å². The average molecular weight is 316 g/mol. The molecule has 0 aliphatic heterocycles. The van der Waals surface area contributed by atoms with E-state index >= 15 is 0 Å². The maximum absolute atomic E-state index is 9.55. The molecule has 4 heteroatoms. The van der Waals surface area contributed by atoms with E-state index < -0.39 is 6.10 Å². The fourth-order valence-electron chi connectivity index (χ4n) is 2.54. The lowest BCUT2D eigenvalue weighted by Gasteiger charge is -2.17. The summed E-state index contributed by atoms with van der Waals surface area (Å²) in [7, 11) is 0. The van der Waals surface area contributed by atoms with Crippen molar-refractivity contribution in [2.75, 3.05) is 26.2 Å². The minimum atomic E-state index is -0.439. The number of benzene rings is 1. The molecule has 23 heavy (non-hydrogen) atoms. The SMILES string of the molecule is CCN(CC)CCNCc1ccc(-c2ccc([C@@H](C)O)cc2)o1. The van der Waals surface area contributed by atoms with E-state index in [-0.39, 0.29) is 0 Å². The highest BCUT2D eigenvalue weighted by molar-refractivity contribution is 5.58. The van der Waals surface area contributed by atoms with Crippen LogP contribution in [0.5, 0.6) is 0 Å². The number of aliphatic hydroxyl groups excluding tert-OH is 1. The summed E-state index contributed by atoms with van der Waals surface area (Å²) in [6.07, 6.45) is -0.439. The first-order valence-electron chi connectivity index (χ1n) is 8.44. The molecule has 0 aliphatic carbocycles. The number of furan rings is 1. The summed E-state index contributed by atoms with van der Waals surface area (Å²) in [5.74, 6) is 1.81. The number of hydrogen-bond donors (Lipinski definition) is 2. The first kappa shape index (κ1) is 17.7. The van der Waals surface area contributed by atoms with Crippen molar-refractivity contribution in [3.8, 4) is 11.3 Å². The standard InChI is InChI=1S/C19H28N2O2/c1-4-21(5-2)13-12-20-14-18-10-11-19(23-18)17-8-6-16(7-9-17)15(3)22/h6-11,15,20,22H,4-5,12-14H2,1-3H3/t15-/m1/s1. The Bertz CT molecular complexity index is 571. The zero-order chi connectivity index (χ0) is 16.7. The molecule has 126 valence electrons. The molecule has 0 fully saturated rings. The molecule has 4 nitrogen and oxygen atoms in total. The van der Waals surface area contributed by atoms with Crippen LogP contribution in [0.15, 0.2) is 40.8 Å². The number of nitrogens with zero attached hydrogens (tertiary/aromatic N) is 1. The second-order valence-corrected chi connectivity index (χ2v) is 5.77. The molecular weight excluding hydrogens is 288 g/mol. The normalized spacial score (nSPS) is 12.7. The van der Waals surface area contributed by atoms with Crippen LogP contribution in [0.2, 0.25) is 0 Å². The number of likely N-dealkylation sites (N-methyl/N-ethyl adjacent to an activating group) is 1. The highest BCUT2D eigenvalue weighted by atomic mass is 16.3. The van der Waals surface area contributed by atoms with E-state index in [0.717, 1.165) is 55.4 Å². The highest BCUT2D eigenvalue weighted by Crippen LogP contribution is 2.24. The Kier molecular flexibility index (Phi) is 6.84. The van der Waals surface area contributed by atoms with Gasteiger partial charge in [0.05, 0.1) is 12.6 Å². The van der Waals surface area contributed by atoms with Crippen LogP contribution in [0.1, 0.15) is 38.2 Å². The van der Waals surface area contributed by atoms with Crippen LogP contribution in [0, 0.1) is 0 Å². The Balaban J connectivity index is 1.85. The van der Waals surface area contributed by atoms with Gasteiger partial charge in [0, 0.05) is 18.7 Å². The predicted octanol–water partition coefficient (Wildman–Crippen LogP) is 3.43. The van der Waals surface area contributed by atoms with Gasteiger partial charge in [-0.2, -0.15) is 0 Å². The molecule has 1 aromatic heterocycles. The van der Waals surface area contributed by atoms with Crippen LogP contribution in [0.25, 0.3) is 11.3 Å². The lowest BCUT2D eigenvalue weighted by Crippen LogP contribution is -2.31. The second kappa shape index (κ2) is 8.87. The van der Waals surface area contributed by atoms with E-state index in [1.54, 1.807) is 6.92 Å². The molecule has 1 aromatic carbocycles. The summed E-state index contributed by atoms with van der Waals surface area (Å²) < 4.78 is 5.89. The van der Waals surface area contributed by atoms with Gasteiger partial charge in [0.15, 0.2) is 0 Å². The minimum Gasteiger partial charge on any atom is -0.460 e. The molecule has 0 unspecified atom stereocenters. The van der Waals surface area contributed by atoms with E-state index in [4.69, 9.17) is 4.42 Å². The molecule has 0 spiro atoms. The van der Waals surface area contributed by atoms with Crippen molar-refractivity contribution in [3.05, 3.63) is 47.7 Å². The van der Waals surface area contributed by atoms with Gasteiger partial charge in [-0.3, -0.25) is 0 Å². The minimum absolute atomic E-state index is 0.439. The van der Waals surface area contributed by atoms with E-state index in [1.165, 1.54) is 0 Å².